The van der Waals surface area contributed by atoms with E-state index in [1.807, 2.05) is 6.92 Å². The Kier molecular flexibility index (Phi) is 7.23. The van der Waals surface area contributed by atoms with E-state index in [9.17, 15) is 0 Å². The highest BCUT2D eigenvalue weighted by Crippen LogP contribution is 2.05. The third kappa shape index (κ3) is 8.21. The van der Waals surface area contributed by atoms with Gasteiger partial charge in [0.25, 0.3) is 0 Å². The van der Waals surface area contributed by atoms with Gasteiger partial charge >= 0.3 is 9.28 Å². The molecule has 0 N–H and O–H groups in total. The van der Waals surface area contributed by atoms with Gasteiger partial charge in [0.15, 0.2) is 0 Å². The van der Waals surface area contributed by atoms with Gasteiger partial charge in [-0.15, -0.1) is 0 Å². The molecule has 0 heterocycles. The van der Waals surface area contributed by atoms with E-state index in [2.05, 4.69) is 27.4 Å². The van der Waals surface area contributed by atoms with E-state index in [1.165, 1.54) is 0 Å². The van der Waals surface area contributed by atoms with Crippen molar-refractivity contribution in [1.29, 1.82) is 0 Å². The third-order valence-corrected chi connectivity index (χ3v) is 3.90. The number of rotatable bonds is 7. The minimum atomic E-state index is -1.41. The van der Waals surface area contributed by atoms with Gasteiger partial charge in [-0.3, -0.25) is 0 Å². The van der Waals surface area contributed by atoms with Crippen LogP contribution in [0.5, 0.6) is 0 Å². The van der Waals surface area contributed by atoms with Crippen molar-refractivity contribution in [3.8, 4) is 0 Å². The lowest BCUT2D eigenvalue weighted by Crippen LogP contribution is -2.26. The van der Waals surface area contributed by atoms with E-state index in [4.69, 9.17) is 8.85 Å². The fraction of sp³-hybridized carbons (Fsp3) is 0.800. The van der Waals surface area contributed by atoms with Crippen LogP contribution in [0.3, 0.4) is 0 Å². The van der Waals surface area contributed by atoms with Crippen LogP contribution in [-0.4, -0.2) is 22.0 Å². The second kappa shape index (κ2) is 7.30. The smallest absolute Gasteiger partial charge is 0.321 e. The molecule has 1 atom stereocenters. The predicted molar refractivity (Wildman–Crippen MR) is 59.2 cm³/mol. The zero-order chi connectivity index (χ0) is 10.3. The van der Waals surface area contributed by atoms with Crippen molar-refractivity contribution in [2.75, 3.05) is 6.61 Å². The average molecular weight is 202 g/mol. The van der Waals surface area contributed by atoms with Gasteiger partial charge in [0.1, 0.15) is 0 Å². The molecule has 0 rings (SSSR count). The zero-order valence-electron chi connectivity index (χ0n) is 9.30. The summed E-state index contributed by atoms with van der Waals surface area (Å²) in [6, 6.07) is 1.09. The Morgan fingerprint density at radius 1 is 1.46 bits per heavy atom. The second-order valence-electron chi connectivity index (χ2n) is 3.67. The van der Waals surface area contributed by atoms with Crippen molar-refractivity contribution < 1.29 is 8.85 Å². The van der Waals surface area contributed by atoms with Crippen molar-refractivity contribution in [1.82, 2.24) is 0 Å². The summed E-state index contributed by atoms with van der Waals surface area (Å²) in [5.41, 5.74) is 1.07. The number of hydrogen-bond donors (Lipinski definition) is 0. The molecule has 0 spiro atoms. The third-order valence-electron chi connectivity index (χ3n) is 1.46. The molecule has 2 nitrogen and oxygen atoms in total. The summed E-state index contributed by atoms with van der Waals surface area (Å²) in [7, 11) is -1.41. The molecule has 0 saturated carbocycles. The first kappa shape index (κ1) is 12.9. The normalized spacial score (nSPS) is 13.3. The molecule has 13 heavy (non-hydrogen) atoms. The van der Waals surface area contributed by atoms with Gasteiger partial charge in [0.05, 0.1) is 6.61 Å². The highest BCUT2D eigenvalue weighted by atomic mass is 28.3. The van der Waals surface area contributed by atoms with Crippen LogP contribution in [0.2, 0.25) is 6.04 Å². The predicted octanol–water partition coefficient (Wildman–Crippen LogP) is 2.63. The zero-order valence-corrected chi connectivity index (χ0v) is 10.5. The maximum absolute atomic E-state index is 5.72. The van der Waals surface area contributed by atoms with Crippen molar-refractivity contribution in [3.63, 3.8) is 0 Å². The van der Waals surface area contributed by atoms with E-state index in [0.717, 1.165) is 18.0 Å². The average Bonchev–Trinajstić information content (AvgIpc) is 1.99. The van der Waals surface area contributed by atoms with Crippen LogP contribution in [0, 0.1) is 0 Å². The largest absolute Gasteiger partial charge is 0.394 e. The summed E-state index contributed by atoms with van der Waals surface area (Å²) in [6.07, 6.45) is 1.42. The molecule has 0 aliphatic carbocycles. The fourth-order valence-electron chi connectivity index (χ4n) is 0.965. The molecule has 1 unspecified atom stereocenters. The van der Waals surface area contributed by atoms with Gasteiger partial charge in [-0.05, 0) is 26.8 Å². The lowest BCUT2D eigenvalue weighted by molar-refractivity contribution is 0.165. The minimum absolute atomic E-state index is 0.285. The van der Waals surface area contributed by atoms with Crippen molar-refractivity contribution in [2.24, 2.45) is 0 Å². The Labute approximate surface area is 83.8 Å². The van der Waals surface area contributed by atoms with Gasteiger partial charge in [-0.1, -0.05) is 25.5 Å². The van der Waals surface area contributed by atoms with E-state index >= 15 is 0 Å². The van der Waals surface area contributed by atoms with E-state index < -0.39 is 9.28 Å². The molecular formula is C10H22O2Si. The van der Waals surface area contributed by atoms with Gasteiger partial charge in [0, 0.05) is 6.10 Å². The van der Waals surface area contributed by atoms with Gasteiger partial charge in [-0.2, -0.15) is 0 Å². The lowest BCUT2D eigenvalue weighted by atomic mass is 10.4. The van der Waals surface area contributed by atoms with Crippen LogP contribution in [0.25, 0.3) is 0 Å². The summed E-state index contributed by atoms with van der Waals surface area (Å²) in [5, 5.41) is 0. The Balaban J connectivity index is 3.72. The number of hydrogen-bond acceptors (Lipinski definition) is 2. The Morgan fingerprint density at radius 2 is 2.08 bits per heavy atom. The summed E-state index contributed by atoms with van der Waals surface area (Å²) >= 11 is 0. The van der Waals surface area contributed by atoms with Crippen LogP contribution in [0.1, 0.15) is 34.1 Å². The van der Waals surface area contributed by atoms with Gasteiger partial charge in [-0.25, -0.2) is 0 Å². The summed E-state index contributed by atoms with van der Waals surface area (Å²) < 4.78 is 11.4. The first-order valence-electron chi connectivity index (χ1n) is 4.97. The quantitative estimate of drug-likeness (QED) is 0.467. The molecule has 0 aromatic rings. The van der Waals surface area contributed by atoms with E-state index in [0.29, 0.717) is 6.61 Å². The molecule has 0 aromatic carbocycles. The first-order chi connectivity index (χ1) is 6.06. The summed E-state index contributed by atoms with van der Waals surface area (Å²) in [4.78, 5) is 0. The molecule has 0 aliphatic heterocycles. The maximum Gasteiger partial charge on any atom is 0.321 e. The molecule has 78 valence electrons. The molecular weight excluding hydrogens is 180 g/mol. The van der Waals surface area contributed by atoms with Crippen LogP contribution >= 0.6 is 0 Å². The second-order valence-corrected chi connectivity index (χ2v) is 5.71. The van der Waals surface area contributed by atoms with Crippen molar-refractivity contribution >= 4 is 9.28 Å². The molecule has 0 saturated heterocycles. The highest BCUT2D eigenvalue weighted by Gasteiger charge is 2.13. The summed E-state index contributed by atoms with van der Waals surface area (Å²) in [5.74, 6) is 0. The molecule has 0 bridgehead atoms. The molecule has 0 aliphatic rings. The van der Waals surface area contributed by atoms with Crippen molar-refractivity contribution in [2.45, 2.75) is 46.3 Å². The standard InChI is InChI=1S/C10H22O2Si/c1-6-7-13(12-10(4)5)11-8-9(2)3/h10,13H,2,6-8H2,1,3-5H3. The minimum Gasteiger partial charge on any atom is -0.394 e. The van der Waals surface area contributed by atoms with Crippen LogP contribution in [-0.2, 0) is 8.85 Å². The van der Waals surface area contributed by atoms with E-state index in [1.54, 1.807) is 0 Å². The Morgan fingerprint density at radius 3 is 2.46 bits per heavy atom. The molecule has 0 amide bonds. The molecule has 0 aromatic heterocycles. The van der Waals surface area contributed by atoms with Gasteiger partial charge in [0.2, 0.25) is 0 Å². The topological polar surface area (TPSA) is 18.5 Å². The fourth-order valence-corrected chi connectivity index (χ4v) is 2.90. The lowest BCUT2D eigenvalue weighted by Gasteiger charge is -2.18. The SMILES string of the molecule is C=C(C)CO[SiH](CCC)OC(C)C. The molecule has 0 fully saturated rings. The maximum atomic E-state index is 5.72. The van der Waals surface area contributed by atoms with Crippen LogP contribution in [0.15, 0.2) is 12.2 Å². The Hall–Kier alpha value is -0.123. The summed E-state index contributed by atoms with van der Waals surface area (Å²) in [6.45, 7) is 12.7. The molecule has 0 radical (unpaired) electrons. The van der Waals surface area contributed by atoms with E-state index in [-0.39, 0.29) is 6.10 Å². The highest BCUT2D eigenvalue weighted by molar-refractivity contribution is 6.44. The van der Waals surface area contributed by atoms with Crippen LogP contribution in [0.4, 0.5) is 0 Å². The van der Waals surface area contributed by atoms with Crippen LogP contribution < -0.4 is 0 Å². The van der Waals surface area contributed by atoms with Gasteiger partial charge < -0.3 is 8.85 Å². The first-order valence-corrected chi connectivity index (χ1v) is 6.73. The monoisotopic (exact) mass is 202 g/mol. The van der Waals surface area contributed by atoms with Crippen molar-refractivity contribution in [3.05, 3.63) is 12.2 Å². The Bertz CT molecular complexity index is 146. The molecule has 3 heteroatoms.